The van der Waals surface area contributed by atoms with Gasteiger partial charge in [0.1, 0.15) is 11.9 Å². The predicted molar refractivity (Wildman–Crippen MR) is 88.0 cm³/mol. The molecule has 1 aromatic carbocycles. The topological polar surface area (TPSA) is 44.8 Å². The number of hydrogen-bond acceptors (Lipinski definition) is 4. The summed E-state index contributed by atoms with van der Waals surface area (Å²) in [6.45, 7) is 2.36. The summed E-state index contributed by atoms with van der Waals surface area (Å²) < 4.78 is 18.5. The first kappa shape index (κ1) is 13.6. The third-order valence-electron chi connectivity index (χ3n) is 8.61. The van der Waals surface area contributed by atoms with Gasteiger partial charge in [-0.1, -0.05) is 18.2 Å². The molecule has 4 nitrogen and oxygen atoms in total. The second-order valence-corrected chi connectivity index (χ2v) is 8.95. The zero-order chi connectivity index (χ0) is 16.5. The molecule has 1 aromatic rings. The maximum absolute atomic E-state index is 12.5. The van der Waals surface area contributed by atoms with Gasteiger partial charge < -0.3 is 14.2 Å². The average molecular weight is 338 g/mol. The van der Waals surface area contributed by atoms with Gasteiger partial charge in [-0.25, -0.2) is 0 Å². The number of hydrogen-bond donors (Lipinski definition) is 0. The van der Waals surface area contributed by atoms with Gasteiger partial charge in [0, 0.05) is 28.7 Å². The lowest BCUT2D eigenvalue weighted by Crippen LogP contribution is -2.66. The van der Waals surface area contributed by atoms with Gasteiger partial charge in [0.05, 0.1) is 25.2 Å². The molecule has 0 N–H and O–H groups in total. The highest BCUT2D eigenvalue weighted by Gasteiger charge is 2.87. The monoisotopic (exact) mass is 338 g/mol. The van der Waals surface area contributed by atoms with E-state index in [-0.39, 0.29) is 17.5 Å². The van der Waals surface area contributed by atoms with E-state index in [1.807, 2.05) is 6.92 Å². The SMILES string of the molecule is CCOC(=O)C[C@]12[C@@H]3C[C@@H]4[C@H]5C(O[C@@H]41)[C@H]2[C@@H]1c2ccccc2O[C@@H]1[C@H]53. The van der Waals surface area contributed by atoms with Crippen molar-refractivity contribution < 1.29 is 19.0 Å². The average Bonchev–Trinajstić information content (AvgIpc) is 3.33. The molecule has 1 unspecified atom stereocenters. The molecule has 25 heavy (non-hydrogen) atoms. The number of ether oxygens (including phenoxy) is 3. The minimum atomic E-state index is -0.0304. The fraction of sp³-hybridized carbons (Fsp3) is 0.667. The van der Waals surface area contributed by atoms with Crippen molar-refractivity contribution in [3.05, 3.63) is 29.8 Å². The Kier molecular flexibility index (Phi) is 2.21. The van der Waals surface area contributed by atoms with Gasteiger partial charge in [0.15, 0.2) is 0 Å². The minimum absolute atomic E-state index is 0.00296. The Morgan fingerprint density at radius 1 is 1.28 bits per heavy atom. The van der Waals surface area contributed by atoms with Crippen molar-refractivity contribution in [1.29, 1.82) is 0 Å². The summed E-state index contributed by atoms with van der Waals surface area (Å²) in [6.07, 6.45) is 2.70. The Bertz CT molecular complexity index is 805. The van der Waals surface area contributed by atoms with E-state index in [0.717, 1.165) is 5.75 Å². The van der Waals surface area contributed by atoms with Crippen molar-refractivity contribution in [1.82, 2.24) is 0 Å². The van der Waals surface area contributed by atoms with Crippen LogP contribution < -0.4 is 4.74 Å². The van der Waals surface area contributed by atoms with Crippen LogP contribution in [0.15, 0.2) is 24.3 Å². The summed E-state index contributed by atoms with van der Waals surface area (Å²) in [6, 6.07) is 8.53. The maximum atomic E-state index is 12.5. The van der Waals surface area contributed by atoms with Crippen LogP contribution in [-0.2, 0) is 14.3 Å². The molecule has 0 spiro atoms. The fourth-order valence-electron chi connectivity index (χ4n) is 8.46. The number of carbonyl (C=O) groups excluding carboxylic acids is 1. The standard InChI is InChI=1S/C21H22O4/c1-2-23-13(22)8-21-11-7-10-14-16(11)18-15(17(21)19(14)25-20(10)21)9-5-3-4-6-12(9)24-18/h3-6,10-11,14-20H,2,7-8H2,1H3/t10-,11-,14-,15+,16+,17-,18+,19?,20+,21-/m1/s1. The van der Waals surface area contributed by atoms with Gasteiger partial charge in [-0.2, -0.15) is 0 Å². The summed E-state index contributed by atoms with van der Waals surface area (Å²) in [5.41, 5.74) is 1.35. The van der Waals surface area contributed by atoms with Crippen LogP contribution in [-0.4, -0.2) is 30.9 Å². The maximum Gasteiger partial charge on any atom is 0.306 e. The van der Waals surface area contributed by atoms with Gasteiger partial charge in [-0.05, 0) is 37.2 Å². The summed E-state index contributed by atoms with van der Waals surface area (Å²) in [5, 5.41) is 0. The van der Waals surface area contributed by atoms with Crippen LogP contribution in [0.5, 0.6) is 5.75 Å². The molecule has 4 saturated carbocycles. The van der Waals surface area contributed by atoms with E-state index in [2.05, 4.69) is 24.3 Å². The second kappa shape index (κ2) is 4.06. The normalized spacial score (nSPS) is 54.0. The molecule has 8 rings (SSSR count). The van der Waals surface area contributed by atoms with E-state index in [1.54, 1.807) is 0 Å². The number of benzene rings is 1. The Morgan fingerprint density at radius 2 is 2.16 bits per heavy atom. The number of fused-ring (bicyclic) bond motifs is 1. The Morgan fingerprint density at radius 3 is 3.04 bits per heavy atom. The van der Waals surface area contributed by atoms with Gasteiger partial charge in [0.25, 0.3) is 0 Å². The zero-order valence-electron chi connectivity index (χ0n) is 14.3. The largest absolute Gasteiger partial charge is 0.489 e. The van der Waals surface area contributed by atoms with Crippen molar-refractivity contribution in [2.75, 3.05) is 6.61 Å². The molecule has 6 bridgehead atoms. The highest BCUT2D eigenvalue weighted by molar-refractivity contribution is 5.71. The molecule has 0 aromatic heterocycles. The third-order valence-corrected chi connectivity index (χ3v) is 8.61. The Labute approximate surface area is 146 Å². The molecule has 0 radical (unpaired) electrons. The van der Waals surface area contributed by atoms with Crippen molar-refractivity contribution in [2.24, 2.45) is 35.0 Å². The molecule has 6 fully saturated rings. The smallest absolute Gasteiger partial charge is 0.306 e. The molecule has 7 aliphatic rings. The van der Waals surface area contributed by atoms with E-state index < -0.39 is 0 Å². The molecule has 3 aliphatic heterocycles. The van der Waals surface area contributed by atoms with E-state index in [1.165, 1.54) is 12.0 Å². The van der Waals surface area contributed by atoms with Crippen LogP contribution in [0.4, 0.5) is 0 Å². The quantitative estimate of drug-likeness (QED) is 0.795. The minimum Gasteiger partial charge on any atom is -0.489 e. The van der Waals surface area contributed by atoms with Crippen LogP contribution in [0.2, 0.25) is 0 Å². The van der Waals surface area contributed by atoms with Gasteiger partial charge in [0.2, 0.25) is 0 Å². The van der Waals surface area contributed by atoms with Gasteiger partial charge in [-0.15, -0.1) is 0 Å². The Hall–Kier alpha value is -1.55. The fourth-order valence-corrected chi connectivity index (χ4v) is 8.46. The second-order valence-electron chi connectivity index (χ2n) is 8.95. The lowest BCUT2D eigenvalue weighted by atomic mass is 9.41. The van der Waals surface area contributed by atoms with E-state index in [4.69, 9.17) is 14.2 Å². The van der Waals surface area contributed by atoms with E-state index >= 15 is 0 Å². The highest BCUT2D eigenvalue weighted by Crippen LogP contribution is 2.84. The van der Waals surface area contributed by atoms with Crippen molar-refractivity contribution in [3.63, 3.8) is 0 Å². The molecular formula is C21H22O4. The lowest BCUT2D eigenvalue weighted by molar-refractivity contribution is -0.168. The molecule has 0 amide bonds. The molecule has 130 valence electrons. The third kappa shape index (κ3) is 1.23. The van der Waals surface area contributed by atoms with Crippen molar-refractivity contribution in [3.8, 4) is 5.75 Å². The number of carbonyl (C=O) groups is 1. The zero-order valence-corrected chi connectivity index (χ0v) is 14.3. The summed E-state index contributed by atoms with van der Waals surface area (Å²) in [5.74, 6) is 4.32. The molecule has 3 heterocycles. The molecular weight excluding hydrogens is 316 g/mol. The molecule has 4 heteroatoms. The van der Waals surface area contributed by atoms with Crippen molar-refractivity contribution in [2.45, 2.75) is 44.0 Å². The molecule has 4 aliphatic carbocycles. The van der Waals surface area contributed by atoms with Crippen LogP contribution in [0.1, 0.15) is 31.2 Å². The van der Waals surface area contributed by atoms with E-state index in [0.29, 0.717) is 60.7 Å². The number of para-hydroxylation sites is 1. The first-order valence-electron chi connectivity index (χ1n) is 9.82. The summed E-state index contributed by atoms with van der Waals surface area (Å²) in [4.78, 5) is 12.5. The predicted octanol–water partition coefficient (Wildman–Crippen LogP) is 2.76. The van der Waals surface area contributed by atoms with Crippen LogP contribution in [0, 0.1) is 35.0 Å². The molecule has 2 saturated heterocycles. The lowest BCUT2D eigenvalue weighted by Gasteiger charge is -2.61. The summed E-state index contributed by atoms with van der Waals surface area (Å²) in [7, 11) is 0. The first-order valence-corrected chi connectivity index (χ1v) is 9.82. The van der Waals surface area contributed by atoms with Gasteiger partial charge >= 0.3 is 5.97 Å². The van der Waals surface area contributed by atoms with E-state index in [9.17, 15) is 4.79 Å². The number of rotatable bonds is 3. The van der Waals surface area contributed by atoms with Crippen LogP contribution in [0.25, 0.3) is 0 Å². The first-order chi connectivity index (χ1) is 12.3. The van der Waals surface area contributed by atoms with Crippen molar-refractivity contribution >= 4 is 5.97 Å². The van der Waals surface area contributed by atoms with Crippen LogP contribution >= 0.6 is 0 Å². The molecule has 10 atom stereocenters. The van der Waals surface area contributed by atoms with Gasteiger partial charge in [-0.3, -0.25) is 4.79 Å². The van der Waals surface area contributed by atoms with Crippen LogP contribution in [0.3, 0.4) is 0 Å². The highest BCUT2D eigenvalue weighted by atomic mass is 16.5. The Balaban J connectivity index is 1.39. The number of esters is 1. The summed E-state index contributed by atoms with van der Waals surface area (Å²) >= 11 is 0.